The monoisotopic (exact) mass is 491 g/mol. The molecule has 0 aliphatic heterocycles. The molecule has 3 aromatic rings. The van der Waals surface area contributed by atoms with E-state index in [0.717, 1.165) is 0 Å². The van der Waals surface area contributed by atoms with Crippen LogP contribution < -0.4 is 5.32 Å². The number of carbonyl (C=O) groups excluding carboxylic acids is 1. The van der Waals surface area contributed by atoms with E-state index in [2.05, 4.69) is 25.2 Å². The second-order valence-corrected chi connectivity index (χ2v) is 7.82. The topological polar surface area (TPSA) is 81.9 Å². The Morgan fingerprint density at radius 2 is 2.00 bits per heavy atom. The number of benzene rings is 1. The number of amides is 1. The van der Waals surface area contributed by atoms with E-state index in [0.29, 0.717) is 38.0 Å². The first-order chi connectivity index (χ1) is 14.7. The van der Waals surface area contributed by atoms with Crippen LogP contribution in [-0.4, -0.2) is 50.9 Å². The number of carbonyl (C=O) groups is 1. The maximum Gasteiger partial charge on any atom is 0.422 e. The van der Waals surface area contributed by atoms with Crippen molar-refractivity contribution in [2.45, 2.75) is 11.3 Å². The van der Waals surface area contributed by atoms with Crippen LogP contribution in [0.5, 0.6) is 0 Å². The number of pyridine rings is 1. The Balaban J connectivity index is 1.74. The number of nitrogens with one attached hydrogen (secondary N) is 1. The van der Waals surface area contributed by atoms with Gasteiger partial charge >= 0.3 is 12.3 Å². The SMILES string of the molecule is O=C(NCCSc1nnc(-c2cccnc2)n1-c1ccc(Cl)c(Cl)c1)OCC(F)(F)F. The zero-order chi connectivity index (χ0) is 22.4. The molecule has 0 spiro atoms. The quantitative estimate of drug-likeness (QED) is 0.369. The Morgan fingerprint density at radius 1 is 1.19 bits per heavy atom. The van der Waals surface area contributed by atoms with Gasteiger partial charge in [-0.3, -0.25) is 9.55 Å². The fourth-order valence-electron chi connectivity index (χ4n) is 2.40. The van der Waals surface area contributed by atoms with Gasteiger partial charge in [-0.25, -0.2) is 4.79 Å². The Hall–Kier alpha value is -2.50. The first-order valence-electron chi connectivity index (χ1n) is 8.66. The third-order valence-corrected chi connectivity index (χ3v) is 5.35. The number of hydrogen-bond acceptors (Lipinski definition) is 6. The summed E-state index contributed by atoms with van der Waals surface area (Å²) in [6.07, 6.45) is -2.47. The summed E-state index contributed by atoms with van der Waals surface area (Å²) in [6, 6.07) is 8.61. The molecule has 2 aromatic heterocycles. The van der Waals surface area contributed by atoms with Crippen molar-refractivity contribution < 1.29 is 22.7 Å². The first-order valence-corrected chi connectivity index (χ1v) is 10.4. The molecule has 13 heteroatoms. The molecule has 7 nitrogen and oxygen atoms in total. The van der Waals surface area contributed by atoms with Gasteiger partial charge in [-0.15, -0.1) is 10.2 Å². The number of alkyl halides is 3. The summed E-state index contributed by atoms with van der Waals surface area (Å²) < 4.78 is 42.1. The molecule has 0 unspecified atom stereocenters. The molecule has 0 atom stereocenters. The molecule has 3 rings (SSSR count). The molecule has 0 saturated heterocycles. The van der Waals surface area contributed by atoms with Crippen LogP contribution in [-0.2, 0) is 4.74 Å². The van der Waals surface area contributed by atoms with Gasteiger partial charge in [-0.1, -0.05) is 35.0 Å². The lowest BCUT2D eigenvalue weighted by Crippen LogP contribution is -2.30. The average Bonchev–Trinajstić information content (AvgIpc) is 3.16. The van der Waals surface area contributed by atoms with E-state index in [1.807, 2.05) is 6.07 Å². The maximum atomic E-state index is 12.1. The van der Waals surface area contributed by atoms with Crippen molar-refractivity contribution in [2.75, 3.05) is 18.9 Å². The average molecular weight is 492 g/mol. The number of alkyl carbamates (subject to hydrolysis) is 1. The highest BCUT2D eigenvalue weighted by Crippen LogP contribution is 2.31. The minimum Gasteiger partial charge on any atom is -0.440 e. The molecule has 0 bridgehead atoms. The Labute approximate surface area is 188 Å². The van der Waals surface area contributed by atoms with Gasteiger partial charge in [-0.2, -0.15) is 13.2 Å². The molecule has 0 radical (unpaired) electrons. The molecule has 1 N–H and O–H groups in total. The molecule has 164 valence electrons. The fraction of sp³-hybridized carbons (Fsp3) is 0.222. The molecule has 0 aliphatic rings. The van der Waals surface area contributed by atoms with E-state index in [1.165, 1.54) is 11.8 Å². The summed E-state index contributed by atoms with van der Waals surface area (Å²) in [4.78, 5) is 15.4. The van der Waals surface area contributed by atoms with Gasteiger partial charge in [0.2, 0.25) is 0 Å². The predicted molar refractivity (Wildman–Crippen MR) is 111 cm³/mol. The van der Waals surface area contributed by atoms with Crippen molar-refractivity contribution in [3.63, 3.8) is 0 Å². The van der Waals surface area contributed by atoms with E-state index in [4.69, 9.17) is 23.2 Å². The van der Waals surface area contributed by atoms with Crippen molar-refractivity contribution in [2.24, 2.45) is 0 Å². The summed E-state index contributed by atoms with van der Waals surface area (Å²) in [5.41, 5.74) is 1.36. The van der Waals surface area contributed by atoms with Gasteiger partial charge in [0.25, 0.3) is 0 Å². The lowest BCUT2D eigenvalue weighted by atomic mass is 10.2. The number of thioether (sulfide) groups is 1. The number of rotatable bonds is 7. The molecular weight excluding hydrogens is 478 g/mol. The smallest absolute Gasteiger partial charge is 0.422 e. The van der Waals surface area contributed by atoms with E-state index in [1.54, 1.807) is 41.2 Å². The van der Waals surface area contributed by atoms with Gasteiger partial charge in [0.1, 0.15) is 0 Å². The molecule has 0 saturated carbocycles. The van der Waals surface area contributed by atoms with E-state index >= 15 is 0 Å². The van der Waals surface area contributed by atoms with Crippen LogP contribution in [0.15, 0.2) is 47.9 Å². The number of nitrogens with zero attached hydrogens (tertiary/aromatic N) is 4. The van der Waals surface area contributed by atoms with E-state index in [9.17, 15) is 18.0 Å². The van der Waals surface area contributed by atoms with Gasteiger partial charge in [0.05, 0.1) is 15.7 Å². The molecule has 0 fully saturated rings. The zero-order valence-electron chi connectivity index (χ0n) is 15.6. The number of hydrogen-bond donors (Lipinski definition) is 1. The second-order valence-electron chi connectivity index (χ2n) is 5.95. The number of ether oxygens (including phenoxy) is 1. The van der Waals surface area contributed by atoms with E-state index in [-0.39, 0.29) is 6.54 Å². The zero-order valence-corrected chi connectivity index (χ0v) is 17.9. The highest BCUT2D eigenvalue weighted by molar-refractivity contribution is 7.99. The summed E-state index contributed by atoms with van der Waals surface area (Å²) in [7, 11) is 0. The molecule has 1 aromatic carbocycles. The van der Waals surface area contributed by atoms with Crippen molar-refractivity contribution in [1.82, 2.24) is 25.1 Å². The summed E-state index contributed by atoms with van der Waals surface area (Å²) in [5.74, 6) is 0.805. The predicted octanol–water partition coefficient (Wildman–Crippen LogP) is 5.02. The van der Waals surface area contributed by atoms with Crippen LogP contribution in [0.2, 0.25) is 10.0 Å². The Kier molecular flexibility index (Phi) is 7.63. The van der Waals surface area contributed by atoms with Crippen molar-refractivity contribution in [1.29, 1.82) is 0 Å². The lowest BCUT2D eigenvalue weighted by molar-refractivity contribution is -0.160. The molecular formula is C18H14Cl2F3N5O2S. The van der Waals surface area contributed by atoms with Gasteiger partial charge < -0.3 is 10.1 Å². The molecule has 31 heavy (non-hydrogen) atoms. The number of halogens is 5. The largest absolute Gasteiger partial charge is 0.440 e. The molecule has 1 amide bonds. The van der Waals surface area contributed by atoms with Crippen molar-refractivity contribution >= 4 is 41.1 Å². The normalized spacial score (nSPS) is 11.4. The van der Waals surface area contributed by atoms with Crippen LogP contribution in [0.4, 0.5) is 18.0 Å². The summed E-state index contributed by atoms with van der Waals surface area (Å²) >= 11 is 13.4. The van der Waals surface area contributed by atoms with E-state index < -0.39 is 18.9 Å². The third kappa shape index (κ3) is 6.49. The molecule has 2 heterocycles. The third-order valence-electron chi connectivity index (χ3n) is 3.68. The standard InChI is InChI=1S/C18H14Cl2F3N5O2S/c19-13-4-3-12(8-14(13)20)28-15(11-2-1-5-24-9-11)26-27-16(28)31-7-6-25-17(29)30-10-18(21,22)23/h1-5,8-9H,6-7,10H2,(H,25,29). The van der Waals surface area contributed by atoms with Crippen LogP contribution in [0.3, 0.4) is 0 Å². The Morgan fingerprint density at radius 3 is 2.68 bits per heavy atom. The Bertz CT molecular complexity index is 1050. The highest BCUT2D eigenvalue weighted by atomic mass is 35.5. The maximum absolute atomic E-state index is 12.1. The van der Waals surface area contributed by atoms with Crippen molar-refractivity contribution in [3.05, 3.63) is 52.8 Å². The van der Waals surface area contributed by atoms with Crippen LogP contribution >= 0.6 is 35.0 Å². The number of aromatic nitrogens is 4. The van der Waals surface area contributed by atoms with Gasteiger partial charge in [0.15, 0.2) is 17.6 Å². The van der Waals surface area contributed by atoms with Crippen molar-refractivity contribution in [3.8, 4) is 17.1 Å². The van der Waals surface area contributed by atoms with Crippen LogP contribution in [0.25, 0.3) is 17.1 Å². The minimum atomic E-state index is -4.58. The highest BCUT2D eigenvalue weighted by Gasteiger charge is 2.29. The summed E-state index contributed by atoms with van der Waals surface area (Å²) in [6.45, 7) is -1.59. The van der Waals surface area contributed by atoms with Crippen LogP contribution in [0, 0.1) is 0 Å². The minimum absolute atomic E-state index is 0.0534. The van der Waals surface area contributed by atoms with Crippen LogP contribution in [0.1, 0.15) is 0 Å². The van der Waals surface area contributed by atoms with Gasteiger partial charge in [-0.05, 0) is 30.3 Å². The first kappa shape index (κ1) is 23.2. The lowest BCUT2D eigenvalue weighted by Gasteiger charge is -2.12. The molecule has 0 aliphatic carbocycles. The summed E-state index contributed by atoms with van der Waals surface area (Å²) in [5, 5.41) is 11.9. The second kappa shape index (κ2) is 10.2. The fourth-order valence-corrected chi connectivity index (χ4v) is 3.49. The van der Waals surface area contributed by atoms with Gasteiger partial charge in [0, 0.05) is 30.3 Å².